The third kappa shape index (κ3) is 5.37. The molecule has 10 nitrogen and oxygen atoms in total. The Morgan fingerprint density at radius 1 is 0.894 bits per heavy atom. The number of nitrogens with two attached hydrogens (primary N) is 1. The first kappa shape index (κ1) is 32.0. The lowest BCUT2D eigenvalue weighted by atomic mass is 9.57. The Bertz CT molecular complexity index is 1800. The highest BCUT2D eigenvalue weighted by Crippen LogP contribution is 2.53. The molecular formula is C37H39N3O7. The quantitative estimate of drug-likeness (QED) is 0.237. The van der Waals surface area contributed by atoms with Gasteiger partial charge < -0.3 is 30.3 Å². The molecule has 1 fully saturated rings. The van der Waals surface area contributed by atoms with Crippen LogP contribution in [0, 0.1) is 11.8 Å². The van der Waals surface area contributed by atoms with Crippen molar-refractivity contribution in [2.75, 3.05) is 33.1 Å². The van der Waals surface area contributed by atoms with Gasteiger partial charge in [-0.15, -0.1) is 0 Å². The van der Waals surface area contributed by atoms with Gasteiger partial charge in [-0.25, -0.2) is 0 Å². The molecule has 4 atom stereocenters. The molecule has 47 heavy (non-hydrogen) atoms. The number of benzene rings is 3. The van der Waals surface area contributed by atoms with E-state index in [1.54, 1.807) is 25.1 Å². The normalized spacial score (nSPS) is 23.7. The zero-order valence-electron chi connectivity index (χ0n) is 26.9. The number of ether oxygens (including phenoxy) is 2. The van der Waals surface area contributed by atoms with E-state index in [0.717, 1.165) is 22.4 Å². The standard InChI is InChI=1S/C37H39N3O7/c1-39(2)26-15-16-27(46-19-21-11-7-5-8-12-21)29-24(26)17-23-18-25-31(40(3)4)33(47-20-22-13-9-6-10-14-22)30(36(38)44)35(43)37(25,45)34(42)28(23)32(29)41/h5-16,23,25,31,41,45H,17-20H2,1-4H3,(H2,38,44)/t23-,25-,31-,37-/m1/s1. The molecule has 0 unspecified atom stereocenters. The van der Waals surface area contributed by atoms with E-state index in [1.165, 1.54) is 0 Å². The first-order valence-electron chi connectivity index (χ1n) is 15.6. The third-order valence-corrected chi connectivity index (χ3v) is 9.49. The van der Waals surface area contributed by atoms with E-state index in [0.29, 0.717) is 17.7 Å². The summed E-state index contributed by atoms with van der Waals surface area (Å²) in [6.07, 6.45) is 0.506. The van der Waals surface area contributed by atoms with Crippen molar-refractivity contribution in [3.05, 3.63) is 112 Å². The molecule has 3 aromatic carbocycles. The van der Waals surface area contributed by atoms with Gasteiger partial charge in [0.05, 0.1) is 11.6 Å². The first-order chi connectivity index (χ1) is 22.4. The van der Waals surface area contributed by atoms with Crippen molar-refractivity contribution < 1.29 is 34.1 Å². The van der Waals surface area contributed by atoms with Gasteiger partial charge >= 0.3 is 0 Å². The molecule has 3 aliphatic rings. The number of nitrogens with zero attached hydrogens (tertiary/aromatic N) is 2. The molecule has 0 radical (unpaired) electrons. The van der Waals surface area contributed by atoms with Crippen LogP contribution in [0.4, 0.5) is 5.69 Å². The van der Waals surface area contributed by atoms with Crippen LogP contribution in [0.1, 0.15) is 28.7 Å². The van der Waals surface area contributed by atoms with Crippen LogP contribution in [0.3, 0.4) is 0 Å². The summed E-state index contributed by atoms with van der Waals surface area (Å²) in [7, 11) is 7.26. The number of Topliss-reactive ketones (excluding diaryl/α,β-unsaturated/α-hetero) is 2. The van der Waals surface area contributed by atoms with E-state index in [1.807, 2.05) is 85.7 Å². The maximum atomic E-state index is 14.5. The van der Waals surface area contributed by atoms with E-state index in [-0.39, 0.29) is 36.7 Å². The van der Waals surface area contributed by atoms with Gasteiger partial charge in [-0.3, -0.25) is 19.3 Å². The van der Waals surface area contributed by atoms with Gasteiger partial charge in [0.1, 0.15) is 36.1 Å². The Labute approximate surface area is 273 Å². The van der Waals surface area contributed by atoms with Gasteiger partial charge in [0.25, 0.3) is 5.91 Å². The summed E-state index contributed by atoms with van der Waals surface area (Å²) in [6.45, 7) is 0.270. The number of fused-ring (bicyclic) bond motifs is 3. The molecule has 0 aliphatic heterocycles. The summed E-state index contributed by atoms with van der Waals surface area (Å²) in [5.41, 5.74) is 6.20. The summed E-state index contributed by atoms with van der Waals surface area (Å²) in [5.74, 6) is -4.64. The number of aliphatic hydroxyl groups excluding tert-OH is 1. The molecule has 0 aromatic heterocycles. The monoisotopic (exact) mass is 637 g/mol. The van der Waals surface area contributed by atoms with Crippen molar-refractivity contribution in [1.29, 1.82) is 0 Å². The lowest BCUT2D eigenvalue weighted by Gasteiger charge is -2.50. The molecular weight excluding hydrogens is 598 g/mol. The Balaban J connectivity index is 1.46. The van der Waals surface area contributed by atoms with Crippen molar-refractivity contribution in [1.82, 2.24) is 4.90 Å². The number of amides is 1. The predicted molar refractivity (Wildman–Crippen MR) is 176 cm³/mol. The summed E-state index contributed by atoms with van der Waals surface area (Å²) >= 11 is 0. The summed E-state index contributed by atoms with van der Waals surface area (Å²) in [4.78, 5) is 45.2. The van der Waals surface area contributed by atoms with Crippen LogP contribution >= 0.6 is 0 Å². The molecule has 244 valence electrons. The number of hydrogen-bond donors (Lipinski definition) is 3. The molecule has 0 spiro atoms. The molecule has 0 bridgehead atoms. The molecule has 3 aromatic rings. The number of ketones is 2. The van der Waals surface area contributed by atoms with E-state index in [4.69, 9.17) is 15.2 Å². The van der Waals surface area contributed by atoms with Crippen LogP contribution in [0.15, 0.2) is 89.7 Å². The molecule has 1 amide bonds. The molecule has 0 heterocycles. The van der Waals surface area contributed by atoms with Gasteiger partial charge in [-0.1, -0.05) is 60.7 Å². The van der Waals surface area contributed by atoms with E-state index < -0.39 is 46.5 Å². The van der Waals surface area contributed by atoms with E-state index in [2.05, 4.69) is 0 Å². The fourth-order valence-electron chi connectivity index (χ4n) is 7.36. The number of carbonyl (C=O) groups is 3. The van der Waals surface area contributed by atoms with Crippen LogP contribution in [0.2, 0.25) is 0 Å². The highest BCUT2D eigenvalue weighted by molar-refractivity contribution is 6.33. The minimum Gasteiger partial charge on any atom is -0.507 e. The van der Waals surface area contributed by atoms with Gasteiger partial charge in [-0.05, 0) is 61.7 Å². The second kappa shape index (κ2) is 12.4. The number of likely N-dealkylation sites (N-methyl/N-ethyl adjacent to an activating group) is 1. The number of carbonyl (C=O) groups excluding carboxylic acids is 3. The molecule has 3 aliphatic carbocycles. The Morgan fingerprint density at radius 3 is 2.04 bits per heavy atom. The van der Waals surface area contributed by atoms with Crippen molar-refractivity contribution in [2.24, 2.45) is 17.6 Å². The fraction of sp³-hybridized carbons (Fsp3) is 0.324. The van der Waals surface area contributed by atoms with Crippen molar-refractivity contribution in [2.45, 2.75) is 37.7 Å². The second-order valence-electron chi connectivity index (χ2n) is 12.8. The number of aliphatic hydroxyl groups is 2. The number of hydrogen-bond acceptors (Lipinski definition) is 9. The summed E-state index contributed by atoms with van der Waals surface area (Å²) in [6, 6.07) is 21.6. The highest BCUT2D eigenvalue weighted by Gasteiger charge is 2.65. The Morgan fingerprint density at radius 2 is 1.49 bits per heavy atom. The van der Waals surface area contributed by atoms with Gasteiger partial charge in [0, 0.05) is 31.3 Å². The van der Waals surface area contributed by atoms with Crippen LogP contribution in [-0.2, 0) is 38.8 Å². The van der Waals surface area contributed by atoms with Crippen molar-refractivity contribution in [3.8, 4) is 5.75 Å². The average molecular weight is 638 g/mol. The molecule has 1 saturated carbocycles. The zero-order valence-corrected chi connectivity index (χ0v) is 26.9. The van der Waals surface area contributed by atoms with Gasteiger partial charge in [0.2, 0.25) is 11.6 Å². The fourth-order valence-corrected chi connectivity index (χ4v) is 7.36. The number of rotatable bonds is 9. The summed E-state index contributed by atoms with van der Waals surface area (Å²) in [5, 5.41) is 24.1. The first-order valence-corrected chi connectivity index (χ1v) is 15.6. The third-order valence-electron chi connectivity index (χ3n) is 9.49. The zero-order chi connectivity index (χ0) is 33.6. The van der Waals surface area contributed by atoms with Crippen molar-refractivity contribution >= 4 is 28.9 Å². The molecule has 4 N–H and O–H groups in total. The molecule has 10 heteroatoms. The molecule has 0 saturated heterocycles. The van der Waals surface area contributed by atoms with E-state index >= 15 is 0 Å². The lowest BCUT2D eigenvalue weighted by molar-refractivity contribution is -0.162. The highest BCUT2D eigenvalue weighted by atomic mass is 16.5. The van der Waals surface area contributed by atoms with Gasteiger partial charge in [-0.2, -0.15) is 0 Å². The lowest BCUT2D eigenvalue weighted by Crippen LogP contribution is -2.67. The number of anilines is 1. The van der Waals surface area contributed by atoms with Crippen LogP contribution in [-0.4, -0.2) is 72.4 Å². The maximum absolute atomic E-state index is 14.5. The smallest absolute Gasteiger partial charge is 0.255 e. The minimum absolute atomic E-state index is 0.0252. The minimum atomic E-state index is -2.65. The van der Waals surface area contributed by atoms with Crippen LogP contribution in [0.25, 0.3) is 5.76 Å². The Kier molecular flexibility index (Phi) is 8.42. The van der Waals surface area contributed by atoms with E-state index in [9.17, 15) is 24.6 Å². The maximum Gasteiger partial charge on any atom is 0.255 e. The largest absolute Gasteiger partial charge is 0.507 e. The van der Waals surface area contributed by atoms with Crippen LogP contribution < -0.4 is 15.4 Å². The summed E-state index contributed by atoms with van der Waals surface area (Å²) < 4.78 is 12.4. The SMILES string of the molecule is CN(C)c1ccc(OCc2ccccc2)c2c1C[C@@H]1C[C@@H]3[C@@H](N(C)C)C(OCc4ccccc4)=C(C(N)=O)C(=O)[C@]3(O)C(=O)C1=C2O. The second-order valence-corrected chi connectivity index (χ2v) is 12.8. The number of primary amides is 1. The molecule has 6 rings (SSSR count). The topological polar surface area (TPSA) is 143 Å². The Hall–Kier alpha value is -4.93. The van der Waals surface area contributed by atoms with Crippen molar-refractivity contribution in [3.63, 3.8) is 0 Å². The predicted octanol–water partition coefficient (Wildman–Crippen LogP) is 3.56. The van der Waals surface area contributed by atoms with Gasteiger partial charge in [0.15, 0.2) is 5.60 Å². The van der Waals surface area contributed by atoms with Crippen LogP contribution in [0.5, 0.6) is 5.75 Å². The average Bonchev–Trinajstić information content (AvgIpc) is 3.04.